The van der Waals surface area contributed by atoms with Gasteiger partial charge in [-0.05, 0) is 37.1 Å². The van der Waals surface area contributed by atoms with Crippen molar-refractivity contribution in [2.45, 2.75) is 18.9 Å². The van der Waals surface area contributed by atoms with Gasteiger partial charge in [-0.15, -0.1) is 0 Å². The topological polar surface area (TPSA) is 82.8 Å². The molecule has 23 heavy (non-hydrogen) atoms. The fraction of sp³-hybridized carbons (Fsp3) is 0.375. The third kappa shape index (κ3) is 3.48. The van der Waals surface area contributed by atoms with Crippen LogP contribution in [0.25, 0.3) is 11.0 Å². The van der Waals surface area contributed by atoms with Gasteiger partial charge in [-0.25, -0.2) is 0 Å². The number of carboxylic acid groups (broad SMARTS) is 1. The minimum Gasteiger partial charge on any atom is -0.480 e. The number of benzene rings is 1. The molecular formula is C16H17ClN2O4. The predicted molar refractivity (Wildman–Crippen MR) is 85.8 cm³/mol. The molecule has 1 aliphatic rings. The Hall–Kier alpha value is -2.05. The molecule has 2 heterocycles. The first-order chi connectivity index (χ1) is 11.0. The summed E-state index contributed by atoms with van der Waals surface area (Å²) < 4.78 is 5.40. The maximum atomic E-state index is 12.5. The molecule has 122 valence electrons. The van der Waals surface area contributed by atoms with Crippen LogP contribution in [0.5, 0.6) is 0 Å². The third-order valence-electron chi connectivity index (χ3n) is 3.98. The number of halogens is 1. The summed E-state index contributed by atoms with van der Waals surface area (Å²) in [6, 6.07) is 7.08. The molecule has 1 saturated heterocycles. The van der Waals surface area contributed by atoms with Crippen LogP contribution in [0.3, 0.4) is 0 Å². The SMILES string of the molecule is O=C(O)CN1CCCC(NC(=O)c2c(Cl)oc3ccccc23)C1. The number of fused-ring (bicyclic) bond motifs is 1. The number of amides is 1. The van der Waals surface area contributed by atoms with E-state index in [0.717, 1.165) is 19.4 Å². The number of furan rings is 1. The summed E-state index contributed by atoms with van der Waals surface area (Å²) in [6.07, 6.45) is 1.66. The Morgan fingerprint density at radius 1 is 1.39 bits per heavy atom. The van der Waals surface area contributed by atoms with Gasteiger partial charge in [0.2, 0.25) is 5.22 Å². The number of hydrogen-bond donors (Lipinski definition) is 2. The van der Waals surface area contributed by atoms with Crippen molar-refractivity contribution in [3.63, 3.8) is 0 Å². The molecule has 2 N–H and O–H groups in total. The summed E-state index contributed by atoms with van der Waals surface area (Å²) in [4.78, 5) is 25.2. The minimum atomic E-state index is -0.860. The number of carbonyl (C=O) groups is 2. The molecule has 1 unspecified atom stereocenters. The smallest absolute Gasteiger partial charge is 0.317 e. The maximum Gasteiger partial charge on any atom is 0.317 e. The van der Waals surface area contributed by atoms with Crippen LogP contribution >= 0.6 is 11.6 Å². The van der Waals surface area contributed by atoms with E-state index in [9.17, 15) is 9.59 Å². The van der Waals surface area contributed by atoms with Crippen LogP contribution in [0.1, 0.15) is 23.2 Å². The maximum absolute atomic E-state index is 12.5. The summed E-state index contributed by atoms with van der Waals surface area (Å²) >= 11 is 6.06. The minimum absolute atomic E-state index is 0.0121. The van der Waals surface area contributed by atoms with Crippen LogP contribution in [0.2, 0.25) is 5.22 Å². The lowest BCUT2D eigenvalue weighted by molar-refractivity contribution is -0.138. The second kappa shape index (κ2) is 6.60. The highest BCUT2D eigenvalue weighted by Gasteiger charge is 2.26. The van der Waals surface area contributed by atoms with Gasteiger partial charge in [-0.2, -0.15) is 0 Å². The molecule has 0 saturated carbocycles. The predicted octanol–water partition coefficient (Wildman–Crippen LogP) is 2.37. The Kier molecular flexibility index (Phi) is 4.54. The molecular weight excluding hydrogens is 320 g/mol. The van der Waals surface area contributed by atoms with E-state index in [-0.39, 0.29) is 23.7 Å². The Morgan fingerprint density at radius 3 is 2.96 bits per heavy atom. The molecule has 0 spiro atoms. The van der Waals surface area contributed by atoms with E-state index in [0.29, 0.717) is 23.1 Å². The van der Waals surface area contributed by atoms with E-state index in [1.54, 1.807) is 12.1 Å². The number of piperidine rings is 1. The van der Waals surface area contributed by atoms with Crippen LogP contribution in [0.4, 0.5) is 0 Å². The summed E-state index contributed by atoms with van der Waals surface area (Å²) in [7, 11) is 0. The molecule has 1 aromatic heterocycles. The zero-order chi connectivity index (χ0) is 16.4. The molecule has 7 heteroatoms. The normalized spacial score (nSPS) is 18.9. The molecule has 6 nitrogen and oxygen atoms in total. The highest BCUT2D eigenvalue weighted by atomic mass is 35.5. The average molecular weight is 337 g/mol. The number of likely N-dealkylation sites (tertiary alicyclic amines) is 1. The van der Waals surface area contributed by atoms with Gasteiger partial charge in [0, 0.05) is 18.0 Å². The number of rotatable bonds is 4. The van der Waals surface area contributed by atoms with E-state index < -0.39 is 5.97 Å². The molecule has 3 rings (SSSR count). The van der Waals surface area contributed by atoms with Crippen LogP contribution in [0, 0.1) is 0 Å². The van der Waals surface area contributed by atoms with Crippen molar-refractivity contribution >= 4 is 34.4 Å². The molecule has 0 aliphatic carbocycles. The number of hydrogen-bond acceptors (Lipinski definition) is 4. The highest BCUT2D eigenvalue weighted by molar-refractivity contribution is 6.34. The summed E-state index contributed by atoms with van der Waals surface area (Å²) in [5.74, 6) is -1.15. The molecule has 1 atom stereocenters. The van der Waals surface area contributed by atoms with Gasteiger partial charge in [0.15, 0.2) is 0 Å². The number of aliphatic carboxylic acids is 1. The fourth-order valence-corrected chi connectivity index (χ4v) is 3.26. The fourth-order valence-electron chi connectivity index (χ4n) is 2.99. The van der Waals surface area contributed by atoms with E-state index in [4.69, 9.17) is 21.1 Å². The van der Waals surface area contributed by atoms with Crippen LogP contribution in [0.15, 0.2) is 28.7 Å². The lowest BCUT2D eigenvalue weighted by Crippen LogP contribution is -2.48. The molecule has 0 bridgehead atoms. The van der Waals surface area contributed by atoms with Crippen molar-refractivity contribution in [3.05, 3.63) is 35.0 Å². The quantitative estimate of drug-likeness (QED) is 0.895. The first-order valence-electron chi connectivity index (χ1n) is 7.46. The number of carboxylic acids is 1. The first kappa shape index (κ1) is 15.8. The zero-order valence-corrected chi connectivity index (χ0v) is 13.2. The molecule has 1 fully saturated rings. The van der Waals surface area contributed by atoms with Gasteiger partial charge >= 0.3 is 5.97 Å². The molecule has 1 aromatic carbocycles. The van der Waals surface area contributed by atoms with Crippen LogP contribution < -0.4 is 5.32 Å². The van der Waals surface area contributed by atoms with Gasteiger partial charge in [0.05, 0.1) is 6.54 Å². The van der Waals surface area contributed by atoms with Crippen molar-refractivity contribution in [2.75, 3.05) is 19.6 Å². The molecule has 2 aromatic rings. The first-order valence-corrected chi connectivity index (χ1v) is 7.84. The summed E-state index contributed by atoms with van der Waals surface area (Å²) in [5.41, 5.74) is 0.899. The van der Waals surface area contributed by atoms with Gasteiger partial charge in [0.1, 0.15) is 11.1 Å². The lowest BCUT2D eigenvalue weighted by atomic mass is 10.0. The zero-order valence-electron chi connectivity index (χ0n) is 12.4. The molecule has 1 amide bonds. The summed E-state index contributed by atoms with van der Waals surface area (Å²) in [6.45, 7) is 1.24. The van der Waals surface area contributed by atoms with E-state index in [1.165, 1.54) is 0 Å². The van der Waals surface area contributed by atoms with Gasteiger partial charge in [-0.3, -0.25) is 14.5 Å². The van der Waals surface area contributed by atoms with Crippen molar-refractivity contribution < 1.29 is 19.1 Å². The standard InChI is InChI=1S/C16H17ClN2O4/c17-15-14(11-5-1-2-6-12(11)23-15)16(22)18-10-4-3-7-19(8-10)9-13(20)21/h1-2,5-6,10H,3-4,7-9H2,(H,18,22)(H,20,21). The Labute approximate surface area is 138 Å². The van der Waals surface area contributed by atoms with Gasteiger partial charge < -0.3 is 14.8 Å². The van der Waals surface area contributed by atoms with E-state index in [2.05, 4.69) is 5.32 Å². The van der Waals surface area contributed by atoms with Crippen molar-refractivity contribution in [1.82, 2.24) is 10.2 Å². The molecule has 1 aliphatic heterocycles. The molecule has 0 radical (unpaired) electrons. The monoisotopic (exact) mass is 336 g/mol. The van der Waals surface area contributed by atoms with Crippen molar-refractivity contribution in [2.24, 2.45) is 0 Å². The Morgan fingerprint density at radius 2 is 2.17 bits per heavy atom. The average Bonchev–Trinajstić information content (AvgIpc) is 2.82. The second-order valence-electron chi connectivity index (χ2n) is 5.69. The van der Waals surface area contributed by atoms with Crippen molar-refractivity contribution in [1.29, 1.82) is 0 Å². The Bertz CT molecular complexity index is 743. The second-order valence-corrected chi connectivity index (χ2v) is 6.03. The summed E-state index contributed by atoms with van der Waals surface area (Å²) in [5, 5.41) is 12.6. The van der Waals surface area contributed by atoms with E-state index in [1.807, 2.05) is 17.0 Å². The van der Waals surface area contributed by atoms with Crippen molar-refractivity contribution in [3.8, 4) is 0 Å². The van der Waals surface area contributed by atoms with E-state index >= 15 is 0 Å². The third-order valence-corrected chi connectivity index (χ3v) is 4.25. The van der Waals surface area contributed by atoms with Gasteiger partial charge in [0.25, 0.3) is 5.91 Å². The highest BCUT2D eigenvalue weighted by Crippen LogP contribution is 2.29. The number of carbonyl (C=O) groups excluding carboxylic acids is 1. The van der Waals surface area contributed by atoms with Crippen LogP contribution in [-0.2, 0) is 4.79 Å². The number of nitrogens with zero attached hydrogens (tertiary/aromatic N) is 1. The lowest BCUT2D eigenvalue weighted by Gasteiger charge is -2.31. The van der Waals surface area contributed by atoms with Gasteiger partial charge in [-0.1, -0.05) is 18.2 Å². The Balaban J connectivity index is 1.73. The van der Waals surface area contributed by atoms with Crippen LogP contribution in [-0.4, -0.2) is 47.6 Å². The number of para-hydroxylation sites is 1. The largest absolute Gasteiger partial charge is 0.480 e. The number of nitrogens with one attached hydrogen (secondary N) is 1.